The number of esters is 1. The second-order valence-corrected chi connectivity index (χ2v) is 5.94. The number of carbonyl (C=O) groups is 2. The van der Waals surface area contributed by atoms with Crippen molar-refractivity contribution in [1.82, 2.24) is 4.90 Å². The van der Waals surface area contributed by atoms with Crippen molar-refractivity contribution in [2.75, 3.05) is 19.9 Å². The molecule has 23 heavy (non-hydrogen) atoms. The molecule has 0 N–H and O–H groups in total. The smallest absolute Gasteiger partial charge is 0.309 e. The van der Waals surface area contributed by atoms with E-state index in [4.69, 9.17) is 14.2 Å². The summed E-state index contributed by atoms with van der Waals surface area (Å²) in [7, 11) is 0. The van der Waals surface area contributed by atoms with Gasteiger partial charge >= 0.3 is 5.97 Å². The molecule has 1 aromatic rings. The molecule has 0 unspecified atom stereocenters. The van der Waals surface area contributed by atoms with E-state index in [-0.39, 0.29) is 30.5 Å². The molecular formula is C17H21NO5. The Morgan fingerprint density at radius 3 is 2.83 bits per heavy atom. The molecule has 1 aliphatic heterocycles. The second kappa shape index (κ2) is 6.48. The van der Waals surface area contributed by atoms with Gasteiger partial charge in [0, 0.05) is 20.0 Å². The number of nitrogens with zero attached hydrogens (tertiary/aromatic N) is 1. The van der Waals surface area contributed by atoms with Gasteiger partial charge in [0.25, 0.3) is 0 Å². The summed E-state index contributed by atoms with van der Waals surface area (Å²) in [5, 5.41) is 0. The van der Waals surface area contributed by atoms with Gasteiger partial charge in [-0.15, -0.1) is 0 Å². The van der Waals surface area contributed by atoms with Crippen LogP contribution < -0.4 is 9.47 Å². The van der Waals surface area contributed by atoms with Crippen molar-refractivity contribution in [3.8, 4) is 11.5 Å². The van der Waals surface area contributed by atoms with Gasteiger partial charge in [0.2, 0.25) is 12.7 Å². The zero-order valence-electron chi connectivity index (χ0n) is 13.4. The molecular weight excluding hydrogens is 298 g/mol. The monoisotopic (exact) mass is 319 g/mol. The van der Waals surface area contributed by atoms with Gasteiger partial charge in [0.15, 0.2) is 11.5 Å². The zero-order chi connectivity index (χ0) is 16.4. The first-order chi connectivity index (χ1) is 11.1. The van der Waals surface area contributed by atoms with Crippen molar-refractivity contribution in [3.63, 3.8) is 0 Å². The van der Waals surface area contributed by atoms with Crippen molar-refractivity contribution in [3.05, 3.63) is 23.8 Å². The third-order valence-electron chi connectivity index (χ3n) is 4.22. The number of rotatable bonds is 6. The van der Waals surface area contributed by atoms with Gasteiger partial charge in [-0.1, -0.05) is 6.07 Å². The van der Waals surface area contributed by atoms with Gasteiger partial charge in [-0.3, -0.25) is 9.59 Å². The summed E-state index contributed by atoms with van der Waals surface area (Å²) in [5.41, 5.74) is 0.984. The van der Waals surface area contributed by atoms with Gasteiger partial charge in [-0.25, -0.2) is 0 Å². The van der Waals surface area contributed by atoms with Crippen LogP contribution in [0.5, 0.6) is 11.5 Å². The fourth-order valence-corrected chi connectivity index (χ4v) is 2.83. The SMILES string of the molecule is CCOC(=O)[C@H]1C[C@H]1CN(Cc1ccc2c(c1)OCO2)C(C)=O. The average molecular weight is 319 g/mol. The predicted molar refractivity (Wildman–Crippen MR) is 81.9 cm³/mol. The molecule has 1 amide bonds. The third kappa shape index (κ3) is 3.57. The van der Waals surface area contributed by atoms with Crippen LogP contribution >= 0.6 is 0 Å². The fourth-order valence-electron chi connectivity index (χ4n) is 2.83. The minimum absolute atomic E-state index is 0.00262. The number of hydrogen-bond acceptors (Lipinski definition) is 5. The Morgan fingerprint density at radius 2 is 2.09 bits per heavy atom. The van der Waals surface area contributed by atoms with Crippen LogP contribution in [0.1, 0.15) is 25.8 Å². The summed E-state index contributed by atoms with van der Waals surface area (Å²) in [6.45, 7) is 5.06. The van der Waals surface area contributed by atoms with Crippen molar-refractivity contribution in [1.29, 1.82) is 0 Å². The summed E-state index contributed by atoms with van der Waals surface area (Å²) in [6.07, 6.45) is 0.795. The first kappa shape index (κ1) is 15.6. The van der Waals surface area contributed by atoms with Gasteiger partial charge in [0.05, 0.1) is 12.5 Å². The van der Waals surface area contributed by atoms with E-state index in [1.165, 1.54) is 0 Å². The number of carbonyl (C=O) groups excluding carboxylic acids is 2. The van der Waals surface area contributed by atoms with E-state index in [2.05, 4.69) is 0 Å². The fraction of sp³-hybridized carbons (Fsp3) is 0.529. The van der Waals surface area contributed by atoms with E-state index in [9.17, 15) is 9.59 Å². The van der Waals surface area contributed by atoms with Crippen molar-refractivity contribution in [2.24, 2.45) is 11.8 Å². The lowest BCUT2D eigenvalue weighted by molar-refractivity contribution is -0.145. The summed E-state index contributed by atoms with van der Waals surface area (Å²) in [5.74, 6) is 1.43. The Morgan fingerprint density at radius 1 is 1.30 bits per heavy atom. The lowest BCUT2D eigenvalue weighted by Crippen LogP contribution is -2.31. The Balaban J connectivity index is 1.60. The molecule has 0 aromatic heterocycles. The quantitative estimate of drug-likeness (QED) is 0.750. The minimum atomic E-state index is -0.149. The van der Waals surface area contributed by atoms with E-state index in [1.807, 2.05) is 18.2 Å². The van der Waals surface area contributed by atoms with Crippen LogP contribution in [-0.4, -0.2) is 36.7 Å². The van der Waals surface area contributed by atoms with Crippen molar-refractivity contribution in [2.45, 2.75) is 26.8 Å². The molecule has 124 valence electrons. The standard InChI is InChI=1S/C17H21NO5/c1-3-21-17(20)14-7-13(14)9-18(11(2)19)8-12-4-5-15-16(6-12)23-10-22-15/h4-6,13-14H,3,7-10H2,1-2H3/t13-,14-/m0/s1. The van der Waals surface area contributed by atoms with Gasteiger partial charge in [0.1, 0.15) is 0 Å². The first-order valence-corrected chi connectivity index (χ1v) is 7.89. The maximum Gasteiger partial charge on any atom is 0.309 e. The van der Waals surface area contributed by atoms with Crippen LogP contribution in [0.15, 0.2) is 18.2 Å². The minimum Gasteiger partial charge on any atom is -0.466 e. The molecule has 0 bridgehead atoms. The van der Waals surface area contributed by atoms with Crippen LogP contribution in [0.25, 0.3) is 0 Å². The maximum absolute atomic E-state index is 11.9. The highest BCUT2D eigenvalue weighted by Crippen LogP contribution is 2.40. The molecule has 2 aliphatic rings. The molecule has 1 saturated carbocycles. The Bertz CT molecular complexity index is 615. The topological polar surface area (TPSA) is 65.1 Å². The van der Waals surface area contributed by atoms with Crippen LogP contribution in [0.4, 0.5) is 0 Å². The molecule has 6 nitrogen and oxygen atoms in total. The van der Waals surface area contributed by atoms with Gasteiger partial charge in [-0.2, -0.15) is 0 Å². The normalized spacial score (nSPS) is 21.0. The van der Waals surface area contributed by atoms with Crippen LogP contribution in [0, 0.1) is 11.8 Å². The number of amides is 1. The molecule has 2 atom stereocenters. The summed E-state index contributed by atoms with van der Waals surface area (Å²) >= 11 is 0. The average Bonchev–Trinajstić information content (AvgIpc) is 3.13. The molecule has 1 heterocycles. The second-order valence-electron chi connectivity index (χ2n) is 5.94. The molecule has 0 saturated heterocycles. The van der Waals surface area contributed by atoms with E-state index in [0.717, 1.165) is 17.7 Å². The Kier molecular flexibility index (Phi) is 4.41. The molecule has 0 radical (unpaired) electrons. The highest BCUT2D eigenvalue weighted by molar-refractivity contribution is 5.76. The Labute approximate surface area is 135 Å². The maximum atomic E-state index is 11.9. The summed E-state index contributed by atoms with van der Waals surface area (Å²) in [6, 6.07) is 5.68. The van der Waals surface area contributed by atoms with E-state index in [1.54, 1.807) is 18.7 Å². The van der Waals surface area contributed by atoms with Crippen LogP contribution in [-0.2, 0) is 20.9 Å². The van der Waals surface area contributed by atoms with E-state index < -0.39 is 0 Å². The van der Waals surface area contributed by atoms with Crippen molar-refractivity contribution < 1.29 is 23.8 Å². The van der Waals surface area contributed by atoms with E-state index >= 15 is 0 Å². The largest absolute Gasteiger partial charge is 0.466 e. The summed E-state index contributed by atoms with van der Waals surface area (Å²) in [4.78, 5) is 25.4. The number of ether oxygens (including phenoxy) is 3. The van der Waals surface area contributed by atoms with Crippen molar-refractivity contribution >= 4 is 11.9 Å². The van der Waals surface area contributed by atoms with Gasteiger partial charge < -0.3 is 19.1 Å². The number of benzene rings is 1. The third-order valence-corrected chi connectivity index (χ3v) is 4.22. The molecule has 1 aliphatic carbocycles. The summed E-state index contributed by atoms with van der Waals surface area (Å²) < 4.78 is 15.7. The van der Waals surface area contributed by atoms with E-state index in [0.29, 0.717) is 25.4 Å². The number of hydrogen-bond donors (Lipinski definition) is 0. The van der Waals surface area contributed by atoms with Gasteiger partial charge in [-0.05, 0) is 37.0 Å². The lowest BCUT2D eigenvalue weighted by atomic mass is 10.1. The van der Waals surface area contributed by atoms with Crippen LogP contribution in [0.3, 0.4) is 0 Å². The lowest BCUT2D eigenvalue weighted by Gasteiger charge is -2.21. The molecule has 1 fully saturated rings. The van der Waals surface area contributed by atoms with Crippen LogP contribution in [0.2, 0.25) is 0 Å². The first-order valence-electron chi connectivity index (χ1n) is 7.89. The Hall–Kier alpha value is -2.24. The highest BCUT2D eigenvalue weighted by atomic mass is 16.7. The molecule has 1 aromatic carbocycles. The molecule has 6 heteroatoms. The zero-order valence-corrected chi connectivity index (χ0v) is 13.4. The highest BCUT2D eigenvalue weighted by Gasteiger charge is 2.45. The molecule has 3 rings (SSSR count). The number of fused-ring (bicyclic) bond motifs is 1. The molecule has 0 spiro atoms. The predicted octanol–water partition coefficient (Wildman–Crippen LogP) is 1.96.